The lowest BCUT2D eigenvalue weighted by Gasteiger charge is -2.31. The van der Waals surface area contributed by atoms with Crippen LogP contribution in [0.2, 0.25) is 5.02 Å². The van der Waals surface area contributed by atoms with E-state index in [1.165, 1.54) is 17.0 Å². The molecule has 0 spiro atoms. The Kier molecular flexibility index (Phi) is 4.38. The molecule has 1 aromatic carbocycles. The molecule has 0 saturated carbocycles. The van der Waals surface area contributed by atoms with Crippen molar-refractivity contribution in [3.8, 4) is 5.69 Å². The zero-order valence-electron chi connectivity index (χ0n) is 13.4. The normalized spacial score (nSPS) is 19.6. The highest BCUT2D eigenvalue weighted by atomic mass is 35.5. The number of alkyl halides is 2. The Bertz CT molecular complexity index is 812. The largest absolute Gasteiger partial charge is 0.465 e. The fourth-order valence-electron chi connectivity index (χ4n) is 2.90. The van der Waals surface area contributed by atoms with E-state index in [-0.39, 0.29) is 17.3 Å². The molecule has 1 aromatic heterocycles. The molecule has 7 nitrogen and oxygen atoms in total. The van der Waals surface area contributed by atoms with E-state index in [9.17, 15) is 18.7 Å². The van der Waals surface area contributed by atoms with Gasteiger partial charge in [0.15, 0.2) is 5.82 Å². The van der Waals surface area contributed by atoms with E-state index >= 15 is 0 Å². The van der Waals surface area contributed by atoms with Crippen LogP contribution in [0.5, 0.6) is 0 Å². The van der Waals surface area contributed by atoms with Crippen LogP contribution in [0, 0.1) is 0 Å². The lowest BCUT2D eigenvalue weighted by atomic mass is 10.0. The van der Waals surface area contributed by atoms with Gasteiger partial charge in [0.2, 0.25) is 0 Å². The molecule has 10 heteroatoms. The maximum absolute atomic E-state index is 13.1. The van der Waals surface area contributed by atoms with Gasteiger partial charge in [0.05, 0.1) is 23.4 Å². The highest BCUT2D eigenvalue weighted by molar-refractivity contribution is 6.32. The van der Waals surface area contributed by atoms with E-state index in [2.05, 4.69) is 10.1 Å². The van der Waals surface area contributed by atoms with Gasteiger partial charge in [0.1, 0.15) is 12.1 Å². The van der Waals surface area contributed by atoms with Gasteiger partial charge in [-0.3, -0.25) is 4.90 Å². The Hall–Kier alpha value is -2.26. The van der Waals surface area contributed by atoms with Crippen LogP contribution in [-0.4, -0.2) is 43.2 Å². The number of carboxylic acid groups (broad SMARTS) is 1. The molecule has 1 N–H and O–H groups in total. The van der Waals surface area contributed by atoms with Crippen molar-refractivity contribution in [3.05, 3.63) is 40.9 Å². The van der Waals surface area contributed by atoms with Crippen molar-refractivity contribution >= 4 is 17.7 Å². The fraction of sp³-hybridized carbons (Fsp3) is 0.400. The number of carbonyl (C=O) groups is 1. The number of ether oxygens (including phenoxy) is 1. The minimum Gasteiger partial charge on any atom is -0.465 e. The number of halogens is 3. The number of benzene rings is 1. The molecule has 1 aliphatic rings. The summed E-state index contributed by atoms with van der Waals surface area (Å²) in [6, 6.07) is 4.07. The van der Waals surface area contributed by atoms with Crippen LogP contribution in [0.1, 0.15) is 37.7 Å². The maximum atomic E-state index is 13.1. The van der Waals surface area contributed by atoms with E-state index < -0.39 is 30.1 Å². The number of hydrogen-bond donors (Lipinski definition) is 1. The van der Waals surface area contributed by atoms with Gasteiger partial charge in [-0.15, -0.1) is 0 Å². The summed E-state index contributed by atoms with van der Waals surface area (Å²) in [6.45, 7) is 3.42. The van der Waals surface area contributed by atoms with E-state index in [0.29, 0.717) is 5.56 Å². The van der Waals surface area contributed by atoms with E-state index in [1.54, 1.807) is 19.9 Å². The molecule has 134 valence electrons. The average Bonchev–Trinajstić information content (AvgIpc) is 3.11. The summed E-state index contributed by atoms with van der Waals surface area (Å²) in [6.07, 6.45) is -2.96. The van der Waals surface area contributed by atoms with Crippen molar-refractivity contribution in [3.63, 3.8) is 0 Å². The lowest BCUT2D eigenvalue weighted by Crippen LogP contribution is -2.44. The first-order valence-electron chi connectivity index (χ1n) is 7.36. The van der Waals surface area contributed by atoms with E-state index in [1.807, 2.05) is 0 Å². The van der Waals surface area contributed by atoms with Crippen LogP contribution in [-0.2, 0) is 4.74 Å². The lowest BCUT2D eigenvalue weighted by molar-refractivity contribution is -0.0420. The van der Waals surface area contributed by atoms with Crippen molar-refractivity contribution in [1.82, 2.24) is 19.7 Å². The van der Waals surface area contributed by atoms with Crippen LogP contribution < -0.4 is 0 Å². The Morgan fingerprint density at radius 3 is 2.84 bits per heavy atom. The van der Waals surface area contributed by atoms with Crippen molar-refractivity contribution in [1.29, 1.82) is 0 Å². The van der Waals surface area contributed by atoms with Crippen molar-refractivity contribution in [2.24, 2.45) is 0 Å². The SMILES string of the molecule is CC1(C)OCC(c2ccc(Cl)c(-n3ncnc3C(F)F)c2)N1C(=O)O. The van der Waals surface area contributed by atoms with Crippen LogP contribution in [0.3, 0.4) is 0 Å². The molecule has 2 aromatic rings. The number of rotatable bonds is 3. The highest BCUT2D eigenvalue weighted by Crippen LogP contribution is 2.38. The van der Waals surface area contributed by atoms with Gasteiger partial charge in [-0.25, -0.2) is 23.2 Å². The first kappa shape index (κ1) is 17.6. The minimum absolute atomic E-state index is 0.138. The van der Waals surface area contributed by atoms with E-state index in [4.69, 9.17) is 16.3 Å². The molecular weight excluding hydrogens is 358 g/mol. The molecule has 0 radical (unpaired) electrons. The topological polar surface area (TPSA) is 80.5 Å². The Balaban J connectivity index is 2.06. The molecule has 0 aliphatic carbocycles. The van der Waals surface area contributed by atoms with Crippen molar-refractivity contribution in [2.75, 3.05) is 6.61 Å². The molecule has 1 unspecified atom stereocenters. The summed E-state index contributed by atoms with van der Waals surface area (Å²) < 4.78 is 32.7. The fourth-order valence-corrected chi connectivity index (χ4v) is 3.09. The molecule has 1 atom stereocenters. The van der Waals surface area contributed by atoms with Gasteiger partial charge < -0.3 is 9.84 Å². The summed E-state index contributed by atoms with van der Waals surface area (Å²) in [4.78, 5) is 16.3. The summed E-state index contributed by atoms with van der Waals surface area (Å²) in [5.41, 5.74) is -0.248. The van der Waals surface area contributed by atoms with Gasteiger partial charge in [-0.2, -0.15) is 5.10 Å². The predicted molar refractivity (Wildman–Crippen MR) is 84.0 cm³/mol. The molecule has 2 heterocycles. The predicted octanol–water partition coefficient (Wildman–Crippen LogP) is 3.65. The van der Waals surface area contributed by atoms with Crippen LogP contribution in [0.4, 0.5) is 13.6 Å². The van der Waals surface area contributed by atoms with Gasteiger partial charge in [-0.05, 0) is 31.5 Å². The number of hydrogen-bond acceptors (Lipinski definition) is 4. The second-order valence-corrected chi connectivity index (χ2v) is 6.37. The van der Waals surface area contributed by atoms with Gasteiger partial charge in [-0.1, -0.05) is 17.7 Å². The van der Waals surface area contributed by atoms with Gasteiger partial charge in [0, 0.05) is 0 Å². The summed E-state index contributed by atoms with van der Waals surface area (Å²) in [5.74, 6) is -0.544. The molecule has 0 bridgehead atoms. The zero-order valence-corrected chi connectivity index (χ0v) is 14.1. The van der Waals surface area contributed by atoms with Crippen LogP contribution >= 0.6 is 11.6 Å². The highest BCUT2D eigenvalue weighted by Gasteiger charge is 2.44. The molecule has 1 aliphatic heterocycles. The number of aromatic nitrogens is 3. The van der Waals surface area contributed by atoms with Gasteiger partial charge >= 0.3 is 6.09 Å². The Morgan fingerprint density at radius 1 is 1.48 bits per heavy atom. The second kappa shape index (κ2) is 6.23. The third-order valence-electron chi connectivity index (χ3n) is 4.04. The maximum Gasteiger partial charge on any atom is 0.410 e. The Morgan fingerprint density at radius 2 is 2.20 bits per heavy atom. The Labute approximate surface area is 146 Å². The van der Waals surface area contributed by atoms with Crippen LogP contribution in [0.15, 0.2) is 24.5 Å². The number of nitrogens with zero attached hydrogens (tertiary/aromatic N) is 4. The molecule has 3 rings (SSSR count). The summed E-state index contributed by atoms with van der Waals surface area (Å²) in [5, 5.41) is 13.5. The van der Waals surface area contributed by atoms with Crippen LogP contribution in [0.25, 0.3) is 5.69 Å². The molecule has 1 fully saturated rings. The standard InChI is InChI=1S/C15H15ClF2N4O3/c1-15(2)21(14(23)24)11(6-25-15)8-3-4-9(16)10(5-8)22-13(12(17)18)19-7-20-22/h3-5,7,11-12H,6H2,1-2H3,(H,23,24). The molecule has 25 heavy (non-hydrogen) atoms. The van der Waals surface area contributed by atoms with Crippen molar-refractivity contribution in [2.45, 2.75) is 32.0 Å². The summed E-state index contributed by atoms with van der Waals surface area (Å²) in [7, 11) is 0. The first-order chi connectivity index (χ1) is 11.7. The molecule has 1 saturated heterocycles. The zero-order chi connectivity index (χ0) is 18.4. The monoisotopic (exact) mass is 372 g/mol. The third kappa shape index (κ3) is 3.05. The summed E-state index contributed by atoms with van der Waals surface area (Å²) >= 11 is 6.13. The third-order valence-corrected chi connectivity index (χ3v) is 4.36. The van der Waals surface area contributed by atoms with Gasteiger partial charge in [0.25, 0.3) is 6.43 Å². The smallest absolute Gasteiger partial charge is 0.410 e. The average molecular weight is 373 g/mol. The molecular formula is C15H15ClF2N4O3. The van der Waals surface area contributed by atoms with E-state index in [0.717, 1.165) is 11.0 Å². The first-order valence-corrected chi connectivity index (χ1v) is 7.74. The second-order valence-electron chi connectivity index (χ2n) is 5.97. The minimum atomic E-state index is -2.83. The number of amides is 1. The van der Waals surface area contributed by atoms with Crippen molar-refractivity contribution < 1.29 is 23.4 Å². The quantitative estimate of drug-likeness (QED) is 0.889. The molecule has 1 amide bonds.